The first-order valence-electron chi connectivity index (χ1n) is 16.2. The largest absolute Gasteiger partial charge is 0.805 e. The number of hydrogen-bond donors (Lipinski definition) is 0. The second kappa shape index (κ2) is 9.99. The first kappa shape index (κ1) is 26.7. The van der Waals surface area contributed by atoms with Gasteiger partial charge < -0.3 is 19.4 Å². The fourth-order valence-corrected chi connectivity index (χ4v) is 8.22. The van der Waals surface area contributed by atoms with E-state index in [9.17, 15) is 10.5 Å². The van der Waals surface area contributed by atoms with Crippen molar-refractivity contribution >= 4 is 55.0 Å². The molecular formula is C43H27N4O-. The van der Waals surface area contributed by atoms with Crippen LogP contribution < -0.4 is 4.90 Å². The van der Waals surface area contributed by atoms with E-state index in [4.69, 9.17) is 0 Å². The average molecular weight is 616 g/mol. The molecule has 226 valence electrons. The molecule has 0 radical (unpaired) electrons. The van der Waals surface area contributed by atoms with Gasteiger partial charge in [0, 0.05) is 49.9 Å². The van der Waals surface area contributed by atoms with Gasteiger partial charge in [-0.25, -0.2) is 0 Å². The highest BCUT2D eigenvalue weighted by atomic mass is 16.5. The molecule has 5 nitrogen and oxygen atoms in total. The minimum absolute atomic E-state index is 0.178. The van der Waals surface area contributed by atoms with Gasteiger partial charge in [0.15, 0.2) is 0 Å². The van der Waals surface area contributed by atoms with Crippen LogP contribution in [-0.4, -0.2) is 15.3 Å². The van der Waals surface area contributed by atoms with Crippen LogP contribution in [0.15, 0.2) is 152 Å². The van der Waals surface area contributed by atoms with E-state index in [2.05, 4.69) is 119 Å². The van der Waals surface area contributed by atoms with Gasteiger partial charge in [0.25, 0.3) is 0 Å². The number of benzene rings is 6. The van der Waals surface area contributed by atoms with Gasteiger partial charge in [0.1, 0.15) is 6.07 Å². The quantitative estimate of drug-likeness (QED) is 0.199. The van der Waals surface area contributed by atoms with Crippen molar-refractivity contribution in [3.63, 3.8) is 0 Å². The lowest BCUT2D eigenvalue weighted by molar-refractivity contribution is 0.745. The highest BCUT2D eigenvalue weighted by molar-refractivity contribution is 6.23. The molecule has 2 atom stereocenters. The summed E-state index contributed by atoms with van der Waals surface area (Å²) in [5.74, 6) is 0.284. The van der Waals surface area contributed by atoms with Crippen molar-refractivity contribution in [2.24, 2.45) is 0 Å². The molecule has 0 N–H and O–H groups in total. The van der Waals surface area contributed by atoms with Crippen LogP contribution >= 0.6 is 0 Å². The molecule has 0 fully saturated rings. The highest BCUT2D eigenvalue weighted by Crippen LogP contribution is 2.49. The van der Waals surface area contributed by atoms with Crippen LogP contribution in [0.2, 0.25) is 0 Å². The van der Waals surface area contributed by atoms with E-state index in [-0.39, 0.29) is 12.0 Å². The summed E-state index contributed by atoms with van der Waals surface area (Å²) in [6.07, 6.45) is 8.85. The van der Waals surface area contributed by atoms with E-state index >= 15 is 0 Å². The van der Waals surface area contributed by atoms with Gasteiger partial charge in [0.05, 0.1) is 33.8 Å². The first-order valence-corrected chi connectivity index (χ1v) is 16.2. The summed E-state index contributed by atoms with van der Waals surface area (Å²) in [7, 11) is 0. The van der Waals surface area contributed by atoms with Crippen molar-refractivity contribution in [3.8, 4) is 22.9 Å². The van der Waals surface area contributed by atoms with E-state index in [1.54, 1.807) is 0 Å². The van der Waals surface area contributed by atoms with Gasteiger partial charge in [-0.3, -0.25) is 0 Å². The maximum Gasteiger partial charge on any atom is 0.101 e. The minimum atomic E-state index is 0.178. The summed E-state index contributed by atoms with van der Waals surface area (Å²) in [5, 5.41) is 28.5. The standard InChI is InChI=1S/C43H27N4O/c44-26-28-12-10-18-30(27-11-9-13-29(25-27)45-37-19-5-1-14-31(37)32-15-2-6-20-38(32)45)41(28)46-39-21-7-3-16-33(39)35-23-24-36-34-17-4-8-22-40(34)47(48)43(36)42(35)46/h1-25,31,37H/q-1. The molecule has 5 heteroatoms. The Kier molecular flexibility index (Phi) is 5.55. The molecule has 48 heavy (non-hydrogen) atoms. The Labute approximate surface area is 276 Å². The molecule has 3 heterocycles. The molecule has 2 aromatic heterocycles. The van der Waals surface area contributed by atoms with Crippen LogP contribution in [0.4, 0.5) is 11.4 Å². The lowest BCUT2D eigenvalue weighted by Crippen LogP contribution is -2.28. The Hall–Kier alpha value is -6.51. The number of anilines is 2. The Morgan fingerprint density at radius 3 is 2.19 bits per heavy atom. The number of aromatic nitrogens is 2. The minimum Gasteiger partial charge on any atom is -0.805 e. The number of hydrogen-bond acceptors (Lipinski definition) is 3. The topological polar surface area (TPSA) is 60.0 Å². The zero-order chi connectivity index (χ0) is 31.9. The Morgan fingerprint density at radius 1 is 0.625 bits per heavy atom. The summed E-state index contributed by atoms with van der Waals surface area (Å²) >= 11 is 0. The smallest absolute Gasteiger partial charge is 0.101 e. The van der Waals surface area contributed by atoms with Crippen LogP contribution in [0.1, 0.15) is 17.0 Å². The zero-order valence-electron chi connectivity index (χ0n) is 25.8. The Balaban J connectivity index is 1.27. The van der Waals surface area contributed by atoms with E-state index in [1.165, 1.54) is 11.3 Å². The lowest BCUT2D eigenvalue weighted by Gasteiger charge is -2.29. The molecule has 2 aliphatic rings. The number of fused-ring (bicyclic) bond motifs is 10. The molecule has 0 bridgehead atoms. The molecule has 0 spiro atoms. The predicted molar refractivity (Wildman–Crippen MR) is 196 cm³/mol. The van der Waals surface area contributed by atoms with Crippen molar-refractivity contribution < 1.29 is 0 Å². The van der Waals surface area contributed by atoms with Crippen molar-refractivity contribution in [2.75, 3.05) is 4.90 Å². The molecular weight excluding hydrogens is 589 g/mol. The van der Waals surface area contributed by atoms with Crippen LogP contribution in [0.25, 0.3) is 60.4 Å². The van der Waals surface area contributed by atoms with E-state index in [0.717, 1.165) is 59.8 Å². The first-order chi connectivity index (χ1) is 23.7. The normalized spacial score (nSPS) is 16.6. The summed E-state index contributed by atoms with van der Waals surface area (Å²) in [4.78, 5) is 2.43. The van der Waals surface area contributed by atoms with Gasteiger partial charge in [-0.05, 0) is 47.5 Å². The van der Waals surface area contributed by atoms with Crippen LogP contribution in [-0.2, 0) is 0 Å². The molecule has 8 aromatic rings. The van der Waals surface area contributed by atoms with Crippen molar-refractivity contribution in [1.29, 1.82) is 5.26 Å². The summed E-state index contributed by atoms with van der Waals surface area (Å²) in [6.45, 7) is 0. The second-order valence-electron chi connectivity index (χ2n) is 12.6. The van der Waals surface area contributed by atoms with Gasteiger partial charge >= 0.3 is 0 Å². The summed E-state index contributed by atoms with van der Waals surface area (Å²) in [6, 6.07) is 46.0. The van der Waals surface area contributed by atoms with Crippen LogP contribution in [0.5, 0.6) is 0 Å². The molecule has 0 saturated carbocycles. The average Bonchev–Trinajstić information content (AvgIpc) is 3.77. The SMILES string of the molecule is N#Cc1cccc(-c2cccc(N3c4ccccc4C4C=CC=CC43)c2)c1-n1c2ccccc2c2ccc3c4ccccc4n([O-])c3c21. The van der Waals surface area contributed by atoms with Crippen molar-refractivity contribution in [1.82, 2.24) is 9.30 Å². The second-order valence-corrected chi connectivity index (χ2v) is 12.6. The van der Waals surface area contributed by atoms with Gasteiger partial charge in [-0.1, -0.05) is 115 Å². The molecule has 1 aliphatic heterocycles. The lowest BCUT2D eigenvalue weighted by atomic mass is 9.91. The van der Waals surface area contributed by atoms with E-state index in [0.29, 0.717) is 16.6 Å². The Bertz CT molecular complexity index is 2740. The number of allylic oxidation sites excluding steroid dienone is 2. The van der Waals surface area contributed by atoms with Gasteiger partial charge in [-0.15, -0.1) is 0 Å². The van der Waals surface area contributed by atoms with E-state index in [1.807, 2.05) is 48.5 Å². The number of rotatable bonds is 3. The monoisotopic (exact) mass is 615 g/mol. The fraction of sp³-hybridized carbons (Fsp3) is 0.0465. The third kappa shape index (κ3) is 3.54. The Morgan fingerprint density at radius 2 is 1.33 bits per heavy atom. The molecule has 10 rings (SSSR count). The number of nitrogens with zero attached hydrogens (tertiary/aromatic N) is 4. The molecule has 2 unspecified atom stereocenters. The molecule has 1 aliphatic carbocycles. The maximum atomic E-state index is 14.1. The van der Waals surface area contributed by atoms with Crippen molar-refractivity contribution in [3.05, 3.63) is 168 Å². The number of para-hydroxylation sites is 4. The van der Waals surface area contributed by atoms with Crippen LogP contribution in [0, 0.1) is 16.5 Å². The fourth-order valence-electron chi connectivity index (χ4n) is 8.22. The zero-order valence-corrected chi connectivity index (χ0v) is 25.8. The van der Waals surface area contributed by atoms with Gasteiger partial charge in [-0.2, -0.15) is 5.26 Å². The number of nitriles is 1. The molecule has 0 saturated heterocycles. The molecule has 6 aromatic carbocycles. The summed E-state index contributed by atoms with van der Waals surface area (Å²) in [5.41, 5.74) is 9.83. The third-order valence-electron chi connectivity index (χ3n) is 10.2. The predicted octanol–water partition coefficient (Wildman–Crippen LogP) is 10.5. The van der Waals surface area contributed by atoms with Gasteiger partial charge in [0.2, 0.25) is 0 Å². The third-order valence-corrected chi connectivity index (χ3v) is 10.2. The van der Waals surface area contributed by atoms with E-state index < -0.39 is 0 Å². The summed E-state index contributed by atoms with van der Waals surface area (Å²) < 4.78 is 3.21. The molecule has 0 amide bonds. The maximum absolute atomic E-state index is 14.1. The van der Waals surface area contributed by atoms with Crippen LogP contribution in [0.3, 0.4) is 0 Å². The van der Waals surface area contributed by atoms with Crippen molar-refractivity contribution in [2.45, 2.75) is 12.0 Å². The highest BCUT2D eigenvalue weighted by Gasteiger charge is 2.37.